The van der Waals surface area contributed by atoms with E-state index in [-0.39, 0.29) is 22.3 Å². The lowest BCUT2D eigenvalue weighted by molar-refractivity contribution is -0.137. The van der Waals surface area contributed by atoms with Gasteiger partial charge in [0.1, 0.15) is 0 Å². The molecule has 0 saturated heterocycles. The number of nitrogens with zero attached hydrogens (tertiary/aromatic N) is 2. The Bertz CT molecular complexity index is 468. The molecule has 6 nitrogen and oxygen atoms in total. The lowest BCUT2D eigenvalue weighted by Gasteiger charge is -2.14. The number of carbonyl (C=O) groups excluding carboxylic acids is 1. The zero-order chi connectivity index (χ0) is 13.7. The molecule has 0 radical (unpaired) electrons. The largest absolute Gasteiger partial charge is 0.481 e. The molecule has 0 fully saturated rings. The summed E-state index contributed by atoms with van der Waals surface area (Å²) in [7, 11) is 0. The van der Waals surface area contributed by atoms with E-state index in [1.165, 1.54) is 6.07 Å². The van der Waals surface area contributed by atoms with Gasteiger partial charge in [-0.1, -0.05) is 30.1 Å². The molecule has 0 saturated carbocycles. The molecule has 1 unspecified atom stereocenters. The van der Waals surface area contributed by atoms with Gasteiger partial charge in [-0.25, -0.2) is 0 Å². The van der Waals surface area contributed by atoms with E-state index in [0.717, 1.165) is 0 Å². The summed E-state index contributed by atoms with van der Waals surface area (Å²) in [4.78, 5) is 22.4. The van der Waals surface area contributed by atoms with Crippen LogP contribution in [-0.4, -0.2) is 33.2 Å². The summed E-state index contributed by atoms with van der Waals surface area (Å²) in [5.74, 6) is -1.51. The van der Waals surface area contributed by atoms with Gasteiger partial charge in [0.2, 0.25) is 0 Å². The van der Waals surface area contributed by atoms with Crippen LogP contribution in [0.2, 0.25) is 10.3 Å². The number of hydrogen-bond donors (Lipinski definition) is 2. The van der Waals surface area contributed by atoms with Gasteiger partial charge in [0.05, 0.1) is 12.0 Å². The fraction of sp³-hybridized carbons (Fsp3) is 0.400. The van der Waals surface area contributed by atoms with Crippen LogP contribution in [0.25, 0.3) is 0 Å². The average molecular weight is 292 g/mol. The van der Waals surface area contributed by atoms with E-state index in [1.807, 2.05) is 0 Å². The highest BCUT2D eigenvalue weighted by molar-refractivity contribution is 6.34. The van der Waals surface area contributed by atoms with Crippen molar-refractivity contribution in [2.24, 2.45) is 0 Å². The van der Waals surface area contributed by atoms with E-state index in [0.29, 0.717) is 6.42 Å². The summed E-state index contributed by atoms with van der Waals surface area (Å²) in [6.07, 6.45) is 0.327. The third-order valence-corrected chi connectivity index (χ3v) is 2.68. The van der Waals surface area contributed by atoms with Crippen LogP contribution < -0.4 is 5.32 Å². The average Bonchev–Trinajstić information content (AvgIpc) is 2.30. The van der Waals surface area contributed by atoms with Crippen molar-refractivity contribution in [2.45, 2.75) is 25.8 Å². The summed E-state index contributed by atoms with van der Waals surface area (Å²) in [6, 6.07) is 0.803. The van der Waals surface area contributed by atoms with Crippen LogP contribution >= 0.6 is 23.2 Å². The Morgan fingerprint density at radius 2 is 2.11 bits per heavy atom. The molecule has 0 spiro atoms. The van der Waals surface area contributed by atoms with Crippen LogP contribution in [0.15, 0.2) is 6.07 Å². The van der Waals surface area contributed by atoms with Crippen LogP contribution in [0.5, 0.6) is 0 Å². The highest BCUT2D eigenvalue weighted by Gasteiger charge is 2.18. The minimum Gasteiger partial charge on any atom is -0.481 e. The van der Waals surface area contributed by atoms with Gasteiger partial charge < -0.3 is 10.4 Å². The minimum atomic E-state index is -0.987. The van der Waals surface area contributed by atoms with Crippen LogP contribution in [0, 0.1) is 0 Å². The van der Waals surface area contributed by atoms with Gasteiger partial charge in [-0.2, -0.15) is 0 Å². The van der Waals surface area contributed by atoms with Gasteiger partial charge in [-0.15, -0.1) is 10.2 Å². The summed E-state index contributed by atoms with van der Waals surface area (Å²) >= 11 is 11.3. The topological polar surface area (TPSA) is 92.2 Å². The number of carboxylic acid groups (broad SMARTS) is 1. The predicted molar refractivity (Wildman–Crippen MR) is 65.9 cm³/mol. The second kappa shape index (κ2) is 6.51. The van der Waals surface area contributed by atoms with Crippen LogP contribution in [0.3, 0.4) is 0 Å². The van der Waals surface area contributed by atoms with Gasteiger partial charge in [0.15, 0.2) is 10.3 Å². The maximum atomic E-state index is 11.9. The molecule has 98 valence electrons. The van der Waals surface area contributed by atoms with E-state index in [9.17, 15) is 9.59 Å². The molecule has 0 aliphatic heterocycles. The van der Waals surface area contributed by atoms with E-state index in [1.54, 1.807) is 6.92 Å². The number of carbonyl (C=O) groups is 2. The quantitative estimate of drug-likeness (QED) is 0.862. The molecule has 1 aromatic rings. The van der Waals surface area contributed by atoms with Gasteiger partial charge in [0.25, 0.3) is 5.91 Å². The fourth-order valence-electron chi connectivity index (χ4n) is 1.28. The van der Waals surface area contributed by atoms with Crippen molar-refractivity contribution in [3.63, 3.8) is 0 Å². The van der Waals surface area contributed by atoms with Gasteiger partial charge >= 0.3 is 5.97 Å². The second-order valence-corrected chi connectivity index (χ2v) is 4.29. The van der Waals surface area contributed by atoms with E-state index in [4.69, 9.17) is 28.3 Å². The van der Waals surface area contributed by atoms with E-state index < -0.39 is 17.9 Å². The number of rotatable bonds is 5. The molecule has 1 rings (SSSR count). The molecule has 0 aliphatic rings. The fourth-order valence-corrected chi connectivity index (χ4v) is 1.61. The normalized spacial score (nSPS) is 11.9. The molecule has 1 heterocycles. The zero-order valence-corrected chi connectivity index (χ0v) is 11.0. The molecule has 2 N–H and O–H groups in total. The lowest BCUT2D eigenvalue weighted by Crippen LogP contribution is -2.36. The lowest BCUT2D eigenvalue weighted by atomic mass is 10.1. The summed E-state index contributed by atoms with van der Waals surface area (Å²) in [5, 5.41) is 18.2. The monoisotopic (exact) mass is 291 g/mol. The SMILES string of the molecule is CCC(CC(=O)O)NC(=O)c1cc(Cl)nnc1Cl. The third-order valence-electron chi connectivity index (χ3n) is 2.21. The molecule has 8 heteroatoms. The highest BCUT2D eigenvalue weighted by atomic mass is 35.5. The Labute approximate surface area is 113 Å². The van der Waals surface area contributed by atoms with E-state index in [2.05, 4.69) is 15.5 Å². The number of carboxylic acids is 1. The Balaban J connectivity index is 2.80. The minimum absolute atomic E-state index is 0.0378. The first-order valence-corrected chi connectivity index (χ1v) is 5.91. The van der Waals surface area contributed by atoms with Crippen molar-refractivity contribution in [1.29, 1.82) is 0 Å². The first kappa shape index (κ1) is 14.7. The van der Waals surface area contributed by atoms with Crippen molar-refractivity contribution in [3.05, 3.63) is 21.9 Å². The molecule has 1 aromatic heterocycles. The van der Waals surface area contributed by atoms with Crippen LogP contribution in [-0.2, 0) is 4.79 Å². The number of halogens is 2. The first-order valence-electron chi connectivity index (χ1n) is 5.15. The van der Waals surface area contributed by atoms with Crippen molar-refractivity contribution in [1.82, 2.24) is 15.5 Å². The summed E-state index contributed by atoms with van der Waals surface area (Å²) in [5.41, 5.74) is 0.0699. The molecule has 1 amide bonds. The number of hydrogen-bond acceptors (Lipinski definition) is 4. The molecule has 0 aromatic carbocycles. The maximum absolute atomic E-state index is 11.9. The maximum Gasteiger partial charge on any atom is 0.305 e. The van der Waals surface area contributed by atoms with Crippen LogP contribution in [0.4, 0.5) is 0 Å². The van der Waals surface area contributed by atoms with Crippen LogP contribution in [0.1, 0.15) is 30.1 Å². The molecule has 0 aliphatic carbocycles. The Morgan fingerprint density at radius 3 is 2.67 bits per heavy atom. The Morgan fingerprint density at radius 1 is 1.44 bits per heavy atom. The predicted octanol–water partition coefficient (Wildman–Crippen LogP) is 1.77. The van der Waals surface area contributed by atoms with Crippen molar-refractivity contribution >= 4 is 35.1 Å². The van der Waals surface area contributed by atoms with Gasteiger partial charge in [-0.3, -0.25) is 9.59 Å². The van der Waals surface area contributed by atoms with Crippen molar-refractivity contribution < 1.29 is 14.7 Å². The summed E-state index contributed by atoms with van der Waals surface area (Å²) in [6.45, 7) is 1.77. The molecule has 1 atom stereocenters. The van der Waals surface area contributed by atoms with Crippen molar-refractivity contribution in [2.75, 3.05) is 0 Å². The van der Waals surface area contributed by atoms with Crippen molar-refractivity contribution in [3.8, 4) is 0 Å². The van der Waals surface area contributed by atoms with Gasteiger partial charge in [-0.05, 0) is 12.5 Å². The number of nitrogens with one attached hydrogen (secondary N) is 1. The molecular weight excluding hydrogens is 281 g/mol. The molecule has 0 bridgehead atoms. The number of aliphatic carboxylic acids is 1. The van der Waals surface area contributed by atoms with E-state index >= 15 is 0 Å². The summed E-state index contributed by atoms with van der Waals surface area (Å²) < 4.78 is 0. The molecule has 18 heavy (non-hydrogen) atoms. The Hall–Kier alpha value is -1.40. The highest BCUT2D eigenvalue weighted by Crippen LogP contribution is 2.15. The smallest absolute Gasteiger partial charge is 0.305 e. The number of amides is 1. The zero-order valence-electron chi connectivity index (χ0n) is 9.48. The number of aromatic nitrogens is 2. The molecular formula is C10H11Cl2N3O3. The standard InChI is InChI=1S/C10H11Cl2N3O3/c1-2-5(3-8(16)17)13-10(18)6-4-7(11)14-15-9(6)12/h4-5H,2-3H2,1H3,(H,13,18)(H,16,17). The Kier molecular flexibility index (Phi) is 5.30. The first-order chi connectivity index (χ1) is 8.43. The third kappa shape index (κ3) is 4.12. The van der Waals surface area contributed by atoms with Gasteiger partial charge in [0, 0.05) is 6.04 Å². The second-order valence-electron chi connectivity index (χ2n) is 3.55.